The first-order valence-corrected chi connectivity index (χ1v) is 9.17. The van der Waals surface area contributed by atoms with E-state index in [1.54, 1.807) is 23.7 Å². The molecule has 0 aliphatic heterocycles. The third-order valence-corrected chi connectivity index (χ3v) is 5.53. The van der Waals surface area contributed by atoms with Gasteiger partial charge in [-0.05, 0) is 60.2 Å². The maximum absolute atomic E-state index is 8.94. The summed E-state index contributed by atoms with van der Waals surface area (Å²) in [6.07, 6.45) is 11.8. The molecule has 0 saturated carbocycles. The maximum atomic E-state index is 8.94. The molecule has 0 unspecified atom stereocenters. The first-order valence-electron chi connectivity index (χ1n) is 7.53. The van der Waals surface area contributed by atoms with E-state index in [-0.39, 0.29) is 0 Å². The van der Waals surface area contributed by atoms with E-state index in [9.17, 15) is 0 Å². The molecule has 25 heavy (non-hydrogen) atoms. The average molecular weight is 359 g/mol. The Morgan fingerprint density at radius 1 is 0.760 bits per heavy atom. The molecule has 0 amide bonds. The minimum Gasteiger partial charge on any atom is -0.265 e. The summed E-state index contributed by atoms with van der Waals surface area (Å²) < 4.78 is 0. The van der Waals surface area contributed by atoms with Crippen molar-refractivity contribution in [2.24, 2.45) is 0 Å². The normalized spacial score (nSPS) is 11.2. The lowest BCUT2D eigenvalue weighted by atomic mass is 10.1. The molecule has 3 rings (SSSR count). The van der Waals surface area contributed by atoms with Crippen molar-refractivity contribution in [3.63, 3.8) is 0 Å². The van der Waals surface area contributed by atoms with E-state index in [0.29, 0.717) is 0 Å². The zero-order chi connectivity index (χ0) is 17.5. The average Bonchev–Trinajstić information content (AvgIpc) is 3.30. The van der Waals surface area contributed by atoms with E-state index in [2.05, 4.69) is 35.3 Å². The van der Waals surface area contributed by atoms with Crippen molar-refractivity contribution in [2.75, 3.05) is 0 Å². The van der Waals surface area contributed by atoms with Crippen molar-refractivity contribution in [3.8, 4) is 12.1 Å². The maximum Gasteiger partial charge on any atom is 0.167 e. The first-order chi connectivity index (χ1) is 12.3. The van der Waals surface area contributed by atoms with Crippen molar-refractivity contribution < 1.29 is 0 Å². The highest BCUT2D eigenvalue weighted by Crippen LogP contribution is 2.27. The van der Waals surface area contributed by atoms with Gasteiger partial charge in [-0.3, -0.25) is 4.98 Å². The summed E-state index contributed by atoms with van der Waals surface area (Å²) >= 11 is 3.18. The Bertz CT molecular complexity index is 968. The van der Waals surface area contributed by atoms with Crippen LogP contribution in [-0.2, 0) is 0 Å². The quantitative estimate of drug-likeness (QED) is 0.589. The summed E-state index contributed by atoms with van der Waals surface area (Å²) in [5.74, 6) is -0.682. The number of nitrogens with zero attached hydrogens (tertiary/aromatic N) is 3. The summed E-state index contributed by atoms with van der Waals surface area (Å²) in [7, 11) is 0. The molecule has 120 valence electrons. The largest absolute Gasteiger partial charge is 0.265 e. The van der Waals surface area contributed by atoms with E-state index >= 15 is 0 Å². The Hall–Kier alpha value is -2.99. The summed E-state index contributed by atoms with van der Waals surface area (Å²) in [5, 5.41) is 17.9. The number of rotatable bonds is 5. The van der Waals surface area contributed by atoms with Crippen LogP contribution in [0.3, 0.4) is 0 Å². The minimum absolute atomic E-state index is 0.682. The fourth-order valence-electron chi connectivity index (χ4n) is 2.13. The molecular weight excluding hydrogens is 346 g/mol. The van der Waals surface area contributed by atoms with Crippen LogP contribution in [0.5, 0.6) is 0 Å². The van der Waals surface area contributed by atoms with Crippen LogP contribution < -0.4 is 0 Å². The predicted molar refractivity (Wildman–Crippen MR) is 105 cm³/mol. The first kappa shape index (κ1) is 16.9. The SMILES string of the molecule is N#CC(C#N)c1ccc(/C=C/c2ccc(/C=C/c3ccncc3)s2)s1. The lowest BCUT2D eigenvalue weighted by Gasteiger charge is -1.91. The Labute approximate surface area is 154 Å². The van der Waals surface area contributed by atoms with Crippen molar-refractivity contribution in [2.45, 2.75) is 5.92 Å². The van der Waals surface area contributed by atoms with Crippen LogP contribution in [0.4, 0.5) is 0 Å². The minimum atomic E-state index is -0.682. The van der Waals surface area contributed by atoms with Gasteiger partial charge < -0.3 is 0 Å². The van der Waals surface area contributed by atoms with Crippen LogP contribution in [-0.4, -0.2) is 4.98 Å². The van der Waals surface area contributed by atoms with E-state index in [4.69, 9.17) is 10.5 Å². The Morgan fingerprint density at radius 2 is 1.32 bits per heavy atom. The van der Waals surface area contributed by atoms with Crippen LogP contribution in [0, 0.1) is 22.7 Å². The summed E-state index contributed by atoms with van der Waals surface area (Å²) in [5.41, 5.74) is 1.12. The van der Waals surface area contributed by atoms with Gasteiger partial charge in [-0.25, -0.2) is 0 Å². The zero-order valence-electron chi connectivity index (χ0n) is 13.2. The molecule has 0 saturated heterocycles. The van der Waals surface area contributed by atoms with Gasteiger partial charge in [-0.2, -0.15) is 10.5 Å². The molecule has 5 heteroatoms. The number of pyridine rings is 1. The third-order valence-electron chi connectivity index (χ3n) is 3.40. The fraction of sp³-hybridized carbons (Fsp3) is 0.0500. The van der Waals surface area contributed by atoms with Gasteiger partial charge in [0.05, 0.1) is 12.1 Å². The van der Waals surface area contributed by atoms with E-state index in [1.807, 2.05) is 42.5 Å². The van der Waals surface area contributed by atoms with Crippen LogP contribution in [0.15, 0.2) is 48.8 Å². The smallest absolute Gasteiger partial charge is 0.167 e. The van der Waals surface area contributed by atoms with Crippen molar-refractivity contribution in [3.05, 3.63) is 73.9 Å². The molecule has 0 bridgehead atoms. The molecule has 0 aliphatic carbocycles. The molecule has 3 aromatic heterocycles. The summed E-state index contributed by atoms with van der Waals surface area (Å²) in [6.45, 7) is 0. The number of hydrogen-bond donors (Lipinski definition) is 0. The van der Waals surface area contributed by atoms with E-state index < -0.39 is 5.92 Å². The fourth-order valence-corrected chi connectivity index (χ4v) is 3.85. The Kier molecular flexibility index (Phi) is 5.53. The molecule has 0 aromatic carbocycles. The third kappa shape index (κ3) is 4.51. The van der Waals surface area contributed by atoms with Gasteiger partial charge in [0.25, 0.3) is 0 Å². The second-order valence-electron chi connectivity index (χ2n) is 5.12. The van der Waals surface area contributed by atoms with Crippen molar-refractivity contribution in [1.29, 1.82) is 10.5 Å². The molecule has 3 aromatic rings. The molecular formula is C20H13N3S2. The van der Waals surface area contributed by atoms with Gasteiger partial charge in [-0.1, -0.05) is 6.08 Å². The van der Waals surface area contributed by atoms with E-state index in [1.165, 1.54) is 16.2 Å². The van der Waals surface area contributed by atoms with Crippen molar-refractivity contribution >= 4 is 47.0 Å². The van der Waals surface area contributed by atoms with Gasteiger partial charge in [0.1, 0.15) is 0 Å². The molecule has 0 atom stereocenters. The molecule has 0 radical (unpaired) electrons. The van der Waals surface area contributed by atoms with Crippen LogP contribution >= 0.6 is 22.7 Å². The molecule has 0 spiro atoms. The topological polar surface area (TPSA) is 60.5 Å². The lowest BCUT2D eigenvalue weighted by molar-refractivity contribution is 1.14. The van der Waals surface area contributed by atoms with Gasteiger partial charge in [0.15, 0.2) is 5.92 Å². The number of thiophene rings is 2. The van der Waals surface area contributed by atoms with Gasteiger partial charge in [0.2, 0.25) is 0 Å². The van der Waals surface area contributed by atoms with Crippen LogP contribution in [0.1, 0.15) is 31.0 Å². The van der Waals surface area contributed by atoms with Gasteiger partial charge >= 0.3 is 0 Å². The Balaban J connectivity index is 1.67. The summed E-state index contributed by atoms with van der Waals surface area (Å²) in [4.78, 5) is 8.16. The summed E-state index contributed by atoms with van der Waals surface area (Å²) in [6, 6.07) is 15.9. The molecule has 3 heterocycles. The van der Waals surface area contributed by atoms with Crippen LogP contribution in [0.2, 0.25) is 0 Å². The highest BCUT2D eigenvalue weighted by atomic mass is 32.1. The molecule has 0 N–H and O–H groups in total. The zero-order valence-corrected chi connectivity index (χ0v) is 14.8. The lowest BCUT2D eigenvalue weighted by Crippen LogP contribution is -1.85. The highest BCUT2D eigenvalue weighted by Gasteiger charge is 2.10. The standard InChI is InChI=1S/C20H13N3S2/c21-13-16(14-22)20-8-7-19(25-20)6-5-18-4-3-17(24-18)2-1-15-9-11-23-12-10-15/h1-12,16H/b2-1+,6-5+. The second kappa shape index (κ2) is 8.21. The number of nitriles is 2. The molecule has 3 nitrogen and oxygen atoms in total. The van der Waals surface area contributed by atoms with Gasteiger partial charge in [-0.15, -0.1) is 22.7 Å². The predicted octanol–water partition coefficient (Wildman–Crippen LogP) is 5.68. The highest BCUT2D eigenvalue weighted by molar-refractivity contribution is 7.14. The van der Waals surface area contributed by atoms with E-state index in [0.717, 1.165) is 20.2 Å². The van der Waals surface area contributed by atoms with Gasteiger partial charge in [0, 0.05) is 31.9 Å². The second-order valence-corrected chi connectivity index (χ2v) is 7.41. The van der Waals surface area contributed by atoms with Crippen molar-refractivity contribution in [1.82, 2.24) is 4.98 Å². The molecule has 0 fully saturated rings. The Morgan fingerprint density at radius 3 is 1.96 bits per heavy atom. The van der Waals surface area contributed by atoms with Crippen LogP contribution in [0.25, 0.3) is 24.3 Å². The number of hydrogen-bond acceptors (Lipinski definition) is 5. The number of aromatic nitrogens is 1. The molecule has 0 aliphatic rings. The monoisotopic (exact) mass is 359 g/mol.